The zero-order valence-electron chi connectivity index (χ0n) is 14.3. The fourth-order valence-corrected chi connectivity index (χ4v) is 3.76. The Hall–Kier alpha value is -2.59. The molecule has 0 amide bonds. The molecule has 0 atom stereocenters. The number of sulfonamides is 1. The molecule has 0 bridgehead atoms. The molecule has 3 rings (SSSR count). The Morgan fingerprint density at radius 3 is 2.00 bits per heavy atom. The van der Waals surface area contributed by atoms with E-state index in [0.29, 0.717) is 11.6 Å². The standard InChI is InChI=1S/C21H21NO2S/c1-16(2)17-12-14-19(15-13-17)25(23,24)22-21-11-7-6-10-20(21)18-8-4-3-5-9-18/h3-16,22H,1-2H3. The average molecular weight is 351 g/mol. The van der Waals surface area contributed by atoms with Gasteiger partial charge in [0.25, 0.3) is 10.0 Å². The molecule has 4 heteroatoms. The Morgan fingerprint density at radius 2 is 1.36 bits per heavy atom. The van der Waals surface area contributed by atoms with Crippen molar-refractivity contribution < 1.29 is 8.42 Å². The van der Waals surface area contributed by atoms with E-state index in [4.69, 9.17) is 0 Å². The maximum Gasteiger partial charge on any atom is 0.261 e. The smallest absolute Gasteiger partial charge is 0.261 e. The van der Waals surface area contributed by atoms with E-state index in [1.165, 1.54) is 0 Å². The lowest BCUT2D eigenvalue weighted by Crippen LogP contribution is -2.13. The molecule has 0 aliphatic carbocycles. The van der Waals surface area contributed by atoms with Crippen molar-refractivity contribution in [3.63, 3.8) is 0 Å². The van der Waals surface area contributed by atoms with Gasteiger partial charge in [-0.2, -0.15) is 0 Å². The van der Waals surface area contributed by atoms with E-state index in [-0.39, 0.29) is 4.90 Å². The van der Waals surface area contributed by atoms with Crippen LogP contribution in [0.3, 0.4) is 0 Å². The molecule has 0 unspecified atom stereocenters. The summed E-state index contributed by atoms with van der Waals surface area (Å²) in [7, 11) is -3.64. The number of rotatable bonds is 5. The van der Waals surface area contributed by atoms with Crippen LogP contribution < -0.4 is 4.72 Å². The molecule has 0 spiro atoms. The summed E-state index contributed by atoms with van der Waals surface area (Å²) < 4.78 is 28.2. The monoisotopic (exact) mass is 351 g/mol. The fourth-order valence-electron chi connectivity index (χ4n) is 2.68. The first kappa shape index (κ1) is 17.2. The zero-order valence-corrected chi connectivity index (χ0v) is 15.1. The second-order valence-electron chi connectivity index (χ2n) is 6.24. The predicted molar refractivity (Wildman–Crippen MR) is 103 cm³/mol. The van der Waals surface area contributed by atoms with E-state index in [1.54, 1.807) is 18.2 Å². The summed E-state index contributed by atoms with van der Waals surface area (Å²) >= 11 is 0. The van der Waals surface area contributed by atoms with Crippen LogP contribution in [0, 0.1) is 0 Å². The minimum atomic E-state index is -3.64. The van der Waals surface area contributed by atoms with E-state index in [2.05, 4.69) is 18.6 Å². The molecule has 0 saturated heterocycles. The molecule has 3 nitrogen and oxygen atoms in total. The van der Waals surface area contributed by atoms with Gasteiger partial charge in [0.15, 0.2) is 0 Å². The highest BCUT2D eigenvalue weighted by atomic mass is 32.2. The van der Waals surface area contributed by atoms with E-state index in [1.807, 2.05) is 60.7 Å². The summed E-state index contributed by atoms with van der Waals surface area (Å²) in [5, 5.41) is 0. The summed E-state index contributed by atoms with van der Waals surface area (Å²) in [6.45, 7) is 4.16. The van der Waals surface area contributed by atoms with Gasteiger partial charge in [0.05, 0.1) is 10.6 Å². The van der Waals surface area contributed by atoms with Crippen molar-refractivity contribution in [2.45, 2.75) is 24.7 Å². The second kappa shape index (κ2) is 7.11. The number of anilines is 1. The van der Waals surface area contributed by atoms with E-state index in [9.17, 15) is 8.42 Å². The van der Waals surface area contributed by atoms with Crippen molar-refractivity contribution in [3.8, 4) is 11.1 Å². The highest BCUT2D eigenvalue weighted by Crippen LogP contribution is 2.29. The van der Waals surface area contributed by atoms with Gasteiger partial charge in [0.1, 0.15) is 0 Å². The first-order valence-electron chi connectivity index (χ1n) is 8.24. The van der Waals surface area contributed by atoms with Crippen LogP contribution >= 0.6 is 0 Å². The van der Waals surface area contributed by atoms with Crippen LogP contribution in [0.2, 0.25) is 0 Å². The van der Waals surface area contributed by atoms with Gasteiger partial charge in [-0.05, 0) is 35.2 Å². The molecule has 0 radical (unpaired) electrons. The highest BCUT2D eigenvalue weighted by Gasteiger charge is 2.16. The number of hydrogen-bond acceptors (Lipinski definition) is 2. The zero-order chi connectivity index (χ0) is 17.9. The molecule has 3 aromatic carbocycles. The number of hydrogen-bond donors (Lipinski definition) is 1. The Bertz CT molecular complexity index is 947. The minimum Gasteiger partial charge on any atom is -0.279 e. The number of nitrogens with one attached hydrogen (secondary N) is 1. The maximum absolute atomic E-state index is 12.8. The van der Waals surface area contributed by atoms with Crippen molar-refractivity contribution in [2.75, 3.05) is 4.72 Å². The van der Waals surface area contributed by atoms with Crippen LogP contribution in [0.4, 0.5) is 5.69 Å². The van der Waals surface area contributed by atoms with Crippen LogP contribution in [-0.4, -0.2) is 8.42 Å². The Kier molecular flexibility index (Phi) is 4.91. The molecule has 0 fully saturated rings. The van der Waals surface area contributed by atoms with Crippen LogP contribution in [-0.2, 0) is 10.0 Å². The summed E-state index contributed by atoms with van der Waals surface area (Å²) in [6, 6.07) is 24.2. The Balaban J connectivity index is 1.94. The minimum absolute atomic E-state index is 0.264. The lowest BCUT2D eigenvalue weighted by Gasteiger charge is -2.13. The number of para-hydroxylation sites is 1. The van der Waals surface area contributed by atoms with Crippen molar-refractivity contribution in [2.24, 2.45) is 0 Å². The SMILES string of the molecule is CC(C)c1ccc(S(=O)(=O)Nc2ccccc2-c2ccccc2)cc1. The van der Waals surface area contributed by atoms with Gasteiger partial charge in [-0.25, -0.2) is 8.42 Å². The normalized spacial score (nSPS) is 11.5. The fraction of sp³-hybridized carbons (Fsp3) is 0.143. The van der Waals surface area contributed by atoms with Gasteiger partial charge < -0.3 is 0 Å². The molecule has 0 saturated carbocycles. The van der Waals surface area contributed by atoms with Crippen LogP contribution in [0.15, 0.2) is 83.8 Å². The van der Waals surface area contributed by atoms with Gasteiger partial charge >= 0.3 is 0 Å². The molecular weight excluding hydrogens is 330 g/mol. The summed E-state index contributed by atoms with van der Waals surface area (Å²) in [5.74, 6) is 0.364. The largest absolute Gasteiger partial charge is 0.279 e. The van der Waals surface area contributed by atoms with Crippen molar-refractivity contribution in [3.05, 3.63) is 84.4 Å². The average Bonchev–Trinajstić information content (AvgIpc) is 2.63. The molecule has 0 aromatic heterocycles. The first-order chi connectivity index (χ1) is 12.0. The van der Waals surface area contributed by atoms with Gasteiger partial charge in [-0.1, -0.05) is 74.5 Å². The molecule has 25 heavy (non-hydrogen) atoms. The second-order valence-corrected chi connectivity index (χ2v) is 7.92. The van der Waals surface area contributed by atoms with E-state index < -0.39 is 10.0 Å². The first-order valence-corrected chi connectivity index (χ1v) is 9.73. The summed E-state index contributed by atoms with van der Waals surface area (Å²) in [4.78, 5) is 0.264. The van der Waals surface area contributed by atoms with Crippen molar-refractivity contribution >= 4 is 15.7 Å². The molecular formula is C21H21NO2S. The van der Waals surface area contributed by atoms with E-state index >= 15 is 0 Å². The molecule has 1 N–H and O–H groups in total. The van der Waals surface area contributed by atoms with Gasteiger partial charge in [-0.3, -0.25) is 4.72 Å². The summed E-state index contributed by atoms with van der Waals surface area (Å²) in [6.07, 6.45) is 0. The Labute approximate surface area is 149 Å². The van der Waals surface area contributed by atoms with Gasteiger partial charge in [-0.15, -0.1) is 0 Å². The lowest BCUT2D eigenvalue weighted by molar-refractivity contribution is 0.601. The molecule has 128 valence electrons. The Morgan fingerprint density at radius 1 is 0.760 bits per heavy atom. The highest BCUT2D eigenvalue weighted by molar-refractivity contribution is 7.92. The predicted octanol–water partition coefficient (Wildman–Crippen LogP) is 5.28. The summed E-state index contributed by atoms with van der Waals surface area (Å²) in [5.41, 5.74) is 3.51. The van der Waals surface area contributed by atoms with Crippen molar-refractivity contribution in [1.29, 1.82) is 0 Å². The third-order valence-electron chi connectivity index (χ3n) is 4.11. The van der Waals surface area contributed by atoms with Crippen LogP contribution in [0.25, 0.3) is 11.1 Å². The van der Waals surface area contributed by atoms with Crippen molar-refractivity contribution in [1.82, 2.24) is 0 Å². The lowest BCUT2D eigenvalue weighted by atomic mass is 10.0. The maximum atomic E-state index is 12.8. The van der Waals surface area contributed by atoms with Crippen LogP contribution in [0.1, 0.15) is 25.3 Å². The topological polar surface area (TPSA) is 46.2 Å². The molecule has 0 aliphatic rings. The number of benzene rings is 3. The van der Waals surface area contributed by atoms with Crippen LogP contribution in [0.5, 0.6) is 0 Å². The third kappa shape index (κ3) is 3.91. The van der Waals surface area contributed by atoms with E-state index in [0.717, 1.165) is 16.7 Å². The quantitative estimate of drug-likeness (QED) is 0.680. The van der Waals surface area contributed by atoms with Gasteiger partial charge in [0, 0.05) is 5.56 Å². The molecule has 3 aromatic rings. The van der Waals surface area contributed by atoms with Gasteiger partial charge in [0.2, 0.25) is 0 Å². The molecule has 0 aliphatic heterocycles. The molecule has 0 heterocycles. The third-order valence-corrected chi connectivity index (χ3v) is 5.49.